The highest BCUT2D eigenvalue weighted by atomic mass is 32.2. The Morgan fingerprint density at radius 2 is 1.17 bits per heavy atom. The van der Waals surface area contributed by atoms with Crippen molar-refractivity contribution in [3.8, 4) is 0 Å². The van der Waals surface area contributed by atoms with E-state index in [2.05, 4.69) is 38.1 Å². The summed E-state index contributed by atoms with van der Waals surface area (Å²) >= 11 is 3.79. The van der Waals surface area contributed by atoms with Crippen molar-refractivity contribution in [1.29, 1.82) is 0 Å². The third-order valence-electron chi connectivity index (χ3n) is 1.45. The standard InChI is InChI=1S/C10H14S2/c1-3-11-9-5-7-10(8-6-9)12-4-2/h5-8H,3-4H2,1-2H3. The van der Waals surface area contributed by atoms with Gasteiger partial charge in [0.1, 0.15) is 0 Å². The molecule has 1 aromatic carbocycles. The van der Waals surface area contributed by atoms with Crippen molar-refractivity contribution in [3.63, 3.8) is 0 Å². The zero-order valence-electron chi connectivity index (χ0n) is 7.54. The lowest BCUT2D eigenvalue weighted by atomic mass is 10.4. The molecule has 0 atom stereocenters. The maximum absolute atomic E-state index is 2.20. The minimum Gasteiger partial charge on any atom is -0.126 e. The van der Waals surface area contributed by atoms with E-state index < -0.39 is 0 Å². The zero-order valence-corrected chi connectivity index (χ0v) is 9.17. The Balaban J connectivity index is 2.58. The van der Waals surface area contributed by atoms with Gasteiger partial charge in [-0.15, -0.1) is 23.5 Å². The van der Waals surface area contributed by atoms with Crippen molar-refractivity contribution in [2.75, 3.05) is 11.5 Å². The molecule has 0 nitrogen and oxygen atoms in total. The lowest BCUT2D eigenvalue weighted by Crippen LogP contribution is -1.75. The minimum absolute atomic E-state index is 1.15. The van der Waals surface area contributed by atoms with Gasteiger partial charge < -0.3 is 0 Å². The van der Waals surface area contributed by atoms with Crippen LogP contribution < -0.4 is 0 Å². The molecule has 0 saturated carbocycles. The van der Waals surface area contributed by atoms with Crippen molar-refractivity contribution >= 4 is 23.5 Å². The summed E-state index contributed by atoms with van der Waals surface area (Å²) in [5.41, 5.74) is 0. The number of thioether (sulfide) groups is 2. The molecular formula is C10H14S2. The van der Waals surface area contributed by atoms with E-state index in [1.165, 1.54) is 9.79 Å². The molecule has 0 aliphatic heterocycles. The molecule has 0 aliphatic rings. The molecule has 0 heterocycles. The Labute approximate surface area is 83.1 Å². The van der Waals surface area contributed by atoms with Crippen molar-refractivity contribution in [1.82, 2.24) is 0 Å². The van der Waals surface area contributed by atoms with Gasteiger partial charge in [-0.2, -0.15) is 0 Å². The van der Waals surface area contributed by atoms with E-state index in [1.807, 2.05) is 23.5 Å². The van der Waals surface area contributed by atoms with E-state index in [0.29, 0.717) is 0 Å². The highest BCUT2D eigenvalue weighted by molar-refractivity contribution is 7.99. The van der Waals surface area contributed by atoms with Crippen LogP contribution in [0.25, 0.3) is 0 Å². The van der Waals surface area contributed by atoms with Crippen molar-refractivity contribution in [2.45, 2.75) is 23.6 Å². The molecule has 0 bridgehead atoms. The van der Waals surface area contributed by atoms with Gasteiger partial charge in [-0.1, -0.05) is 13.8 Å². The van der Waals surface area contributed by atoms with Crippen LogP contribution in [0.5, 0.6) is 0 Å². The topological polar surface area (TPSA) is 0 Å². The quantitative estimate of drug-likeness (QED) is 0.673. The van der Waals surface area contributed by atoms with Gasteiger partial charge in [-0.3, -0.25) is 0 Å². The summed E-state index contributed by atoms with van der Waals surface area (Å²) in [6, 6.07) is 8.80. The monoisotopic (exact) mass is 198 g/mol. The van der Waals surface area contributed by atoms with Crippen LogP contribution in [0.15, 0.2) is 34.1 Å². The predicted molar refractivity (Wildman–Crippen MR) is 59.2 cm³/mol. The van der Waals surface area contributed by atoms with Crippen molar-refractivity contribution < 1.29 is 0 Å². The molecule has 2 heteroatoms. The first-order chi connectivity index (χ1) is 5.86. The second-order valence-corrected chi connectivity index (χ2v) is 5.01. The van der Waals surface area contributed by atoms with E-state index in [-0.39, 0.29) is 0 Å². The minimum atomic E-state index is 1.15. The lowest BCUT2D eigenvalue weighted by Gasteiger charge is -2.00. The van der Waals surface area contributed by atoms with Crippen molar-refractivity contribution in [2.24, 2.45) is 0 Å². The molecule has 1 rings (SSSR count). The molecule has 0 saturated heterocycles. The first-order valence-electron chi connectivity index (χ1n) is 4.22. The number of hydrogen-bond donors (Lipinski definition) is 0. The fourth-order valence-electron chi connectivity index (χ4n) is 0.965. The average molecular weight is 198 g/mol. The molecule has 0 N–H and O–H groups in total. The third-order valence-corrected chi connectivity index (χ3v) is 3.23. The van der Waals surface area contributed by atoms with Crippen LogP contribution in [-0.2, 0) is 0 Å². The summed E-state index contributed by atoms with van der Waals surface area (Å²) < 4.78 is 0. The molecule has 66 valence electrons. The van der Waals surface area contributed by atoms with Crippen LogP contribution in [0, 0.1) is 0 Å². The molecule has 12 heavy (non-hydrogen) atoms. The highest BCUT2D eigenvalue weighted by Crippen LogP contribution is 2.22. The maximum atomic E-state index is 2.20. The molecule has 0 fully saturated rings. The molecule has 0 unspecified atom stereocenters. The zero-order chi connectivity index (χ0) is 8.81. The first kappa shape index (κ1) is 10.0. The predicted octanol–water partition coefficient (Wildman–Crippen LogP) is 3.91. The van der Waals surface area contributed by atoms with E-state index in [1.54, 1.807) is 0 Å². The SMILES string of the molecule is CCSc1ccc(SCC)cc1. The van der Waals surface area contributed by atoms with E-state index in [0.717, 1.165) is 11.5 Å². The first-order valence-corrected chi connectivity index (χ1v) is 6.19. The van der Waals surface area contributed by atoms with Crippen LogP contribution in [0.2, 0.25) is 0 Å². The molecule has 0 aliphatic carbocycles. The van der Waals surface area contributed by atoms with Gasteiger partial charge in [0.25, 0.3) is 0 Å². The fourth-order valence-corrected chi connectivity index (χ4v) is 2.29. The number of rotatable bonds is 4. The molecule has 0 aromatic heterocycles. The molecule has 0 amide bonds. The second-order valence-electron chi connectivity index (χ2n) is 2.34. The smallest absolute Gasteiger partial charge is 0.00726 e. The molecular weight excluding hydrogens is 184 g/mol. The molecule has 1 aromatic rings. The Bertz CT molecular complexity index is 191. The van der Waals surface area contributed by atoms with Crippen LogP contribution in [-0.4, -0.2) is 11.5 Å². The normalized spacial score (nSPS) is 10.2. The molecule has 0 radical (unpaired) electrons. The summed E-state index contributed by atoms with van der Waals surface area (Å²) in [6.07, 6.45) is 0. The average Bonchev–Trinajstić information content (AvgIpc) is 2.09. The van der Waals surface area contributed by atoms with Gasteiger partial charge in [0.15, 0.2) is 0 Å². The Hall–Kier alpha value is -0.0800. The van der Waals surface area contributed by atoms with Gasteiger partial charge in [0, 0.05) is 9.79 Å². The van der Waals surface area contributed by atoms with E-state index >= 15 is 0 Å². The molecule has 0 spiro atoms. The van der Waals surface area contributed by atoms with Crippen LogP contribution in [0.3, 0.4) is 0 Å². The largest absolute Gasteiger partial charge is 0.126 e. The Morgan fingerprint density at radius 3 is 1.42 bits per heavy atom. The summed E-state index contributed by atoms with van der Waals surface area (Å²) in [5.74, 6) is 2.31. The Kier molecular flexibility index (Phi) is 4.62. The maximum Gasteiger partial charge on any atom is 0.00726 e. The summed E-state index contributed by atoms with van der Waals surface area (Å²) in [6.45, 7) is 4.36. The van der Waals surface area contributed by atoms with Crippen LogP contribution in [0.4, 0.5) is 0 Å². The third kappa shape index (κ3) is 3.11. The summed E-state index contributed by atoms with van der Waals surface area (Å²) in [7, 11) is 0. The number of benzene rings is 1. The van der Waals surface area contributed by atoms with Gasteiger partial charge in [0.05, 0.1) is 0 Å². The van der Waals surface area contributed by atoms with Gasteiger partial charge >= 0.3 is 0 Å². The van der Waals surface area contributed by atoms with Crippen LogP contribution >= 0.6 is 23.5 Å². The Morgan fingerprint density at radius 1 is 0.833 bits per heavy atom. The number of hydrogen-bond acceptors (Lipinski definition) is 2. The summed E-state index contributed by atoms with van der Waals surface area (Å²) in [5, 5.41) is 0. The highest BCUT2D eigenvalue weighted by Gasteiger charge is 1.92. The van der Waals surface area contributed by atoms with Gasteiger partial charge in [-0.25, -0.2) is 0 Å². The van der Waals surface area contributed by atoms with E-state index in [4.69, 9.17) is 0 Å². The van der Waals surface area contributed by atoms with Crippen molar-refractivity contribution in [3.05, 3.63) is 24.3 Å². The lowest BCUT2D eigenvalue weighted by molar-refractivity contribution is 1.34. The van der Waals surface area contributed by atoms with Crippen LogP contribution in [0.1, 0.15) is 13.8 Å². The second kappa shape index (κ2) is 5.55. The van der Waals surface area contributed by atoms with E-state index in [9.17, 15) is 0 Å². The summed E-state index contributed by atoms with van der Waals surface area (Å²) in [4.78, 5) is 2.75. The van der Waals surface area contributed by atoms with Gasteiger partial charge in [-0.05, 0) is 35.8 Å². The van der Waals surface area contributed by atoms with Gasteiger partial charge in [0.2, 0.25) is 0 Å². The fraction of sp³-hybridized carbons (Fsp3) is 0.400.